The van der Waals surface area contributed by atoms with Crippen molar-refractivity contribution in [1.82, 2.24) is 9.55 Å². The third kappa shape index (κ3) is 3.47. The monoisotopic (exact) mass is 222 g/mol. The van der Waals surface area contributed by atoms with Gasteiger partial charge in [-0.1, -0.05) is 27.2 Å². The van der Waals surface area contributed by atoms with Gasteiger partial charge in [-0.05, 0) is 12.3 Å². The van der Waals surface area contributed by atoms with Crippen LogP contribution in [-0.2, 0) is 17.8 Å². The first-order valence-electron chi connectivity index (χ1n) is 6.14. The van der Waals surface area contributed by atoms with Crippen LogP contribution in [0.5, 0.6) is 0 Å². The fourth-order valence-corrected chi connectivity index (χ4v) is 1.68. The van der Waals surface area contributed by atoms with Gasteiger partial charge in [-0.3, -0.25) is 0 Å². The number of nitrogens with zero attached hydrogens (tertiary/aromatic N) is 2. The molecule has 0 spiro atoms. The lowest BCUT2D eigenvalue weighted by Gasteiger charge is -2.16. The van der Waals surface area contributed by atoms with Crippen LogP contribution in [0.1, 0.15) is 39.4 Å². The number of aldehydes is 1. The van der Waals surface area contributed by atoms with Gasteiger partial charge < -0.3 is 9.36 Å². The molecule has 0 amide bonds. The van der Waals surface area contributed by atoms with Crippen LogP contribution in [0, 0.1) is 11.8 Å². The maximum atomic E-state index is 10.7. The highest BCUT2D eigenvalue weighted by Gasteiger charge is 2.13. The molecule has 1 aromatic rings. The second-order valence-corrected chi connectivity index (χ2v) is 4.57. The summed E-state index contributed by atoms with van der Waals surface area (Å²) in [5.74, 6) is 1.63. The number of carbonyl (C=O) groups is 1. The highest BCUT2D eigenvalue weighted by Crippen LogP contribution is 2.13. The Morgan fingerprint density at radius 3 is 2.88 bits per heavy atom. The molecular formula is C13H22N2O. The maximum Gasteiger partial charge on any atom is 0.123 e. The lowest BCUT2D eigenvalue weighted by Crippen LogP contribution is -2.17. The first-order chi connectivity index (χ1) is 7.69. The lowest BCUT2D eigenvalue weighted by atomic mass is 9.97. The number of aryl methyl sites for hydroxylation is 1. The van der Waals surface area contributed by atoms with Crippen LogP contribution < -0.4 is 0 Å². The predicted molar refractivity (Wildman–Crippen MR) is 65.2 cm³/mol. The molecule has 0 aliphatic heterocycles. The second kappa shape index (κ2) is 6.46. The predicted octanol–water partition coefficient (Wildman–Crippen LogP) is 2.70. The summed E-state index contributed by atoms with van der Waals surface area (Å²) in [5, 5.41) is 0. The van der Waals surface area contributed by atoms with E-state index in [2.05, 4.69) is 23.4 Å². The number of hydrogen-bond donors (Lipinski definition) is 0. The molecule has 0 N–H and O–H groups in total. The zero-order valence-electron chi connectivity index (χ0n) is 10.5. The Morgan fingerprint density at radius 1 is 1.50 bits per heavy atom. The Morgan fingerprint density at radius 2 is 2.25 bits per heavy atom. The molecule has 1 aromatic heterocycles. The van der Waals surface area contributed by atoms with Crippen LogP contribution >= 0.6 is 0 Å². The zero-order valence-corrected chi connectivity index (χ0v) is 10.5. The van der Waals surface area contributed by atoms with Crippen molar-refractivity contribution in [2.45, 2.75) is 46.6 Å². The van der Waals surface area contributed by atoms with Gasteiger partial charge in [0.1, 0.15) is 12.1 Å². The average Bonchev–Trinajstić information content (AvgIpc) is 2.72. The van der Waals surface area contributed by atoms with Crippen molar-refractivity contribution in [3.05, 3.63) is 18.2 Å². The minimum atomic E-state index is 0.112. The summed E-state index contributed by atoms with van der Waals surface area (Å²) in [6, 6.07) is 0. The zero-order chi connectivity index (χ0) is 12.0. The van der Waals surface area contributed by atoms with Crippen LogP contribution in [0.25, 0.3) is 0 Å². The van der Waals surface area contributed by atoms with Crippen molar-refractivity contribution in [2.75, 3.05) is 0 Å². The van der Waals surface area contributed by atoms with Crippen LogP contribution in [0.3, 0.4) is 0 Å². The molecule has 2 atom stereocenters. The van der Waals surface area contributed by atoms with Crippen LogP contribution in [-0.4, -0.2) is 15.8 Å². The molecule has 0 bridgehead atoms. The molecule has 0 saturated carbocycles. The molecule has 0 aliphatic rings. The molecule has 0 radical (unpaired) electrons. The van der Waals surface area contributed by atoms with Crippen molar-refractivity contribution >= 4 is 6.29 Å². The summed E-state index contributed by atoms with van der Waals surface area (Å²) in [4.78, 5) is 15.1. The summed E-state index contributed by atoms with van der Waals surface area (Å²) in [5.41, 5.74) is 0. The summed E-state index contributed by atoms with van der Waals surface area (Å²) < 4.78 is 2.18. The third-order valence-corrected chi connectivity index (χ3v) is 3.15. The third-order valence-electron chi connectivity index (χ3n) is 3.15. The first-order valence-corrected chi connectivity index (χ1v) is 6.14. The summed E-state index contributed by atoms with van der Waals surface area (Å²) in [6.07, 6.45) is 8.29. The fraction of sp³-hybridized carbons (Fsp3) is 0.692. The van der Waals surface area contributed by atoms with Gasteiger partial charge in [0.25, 0.3) is 0 Å². The Labute approximate surface area is 97.9 Å². The molecule has 1 rings (SSSR count). The van der Waals surface area contributed by atoms with Gasteiger partial charge in [-0.15, -0.1) is 0 Å². The van der Waals surface area contributed by atoms with E-state index in [-0.39, 0.29) is 5.92 Å². The van der Waals surface area contributed by atoms with Gasteiger partial charge in [0.15, 0.2) is 0 Å². The Kier molecular flexibility index (Phi) is 5.23. The number of aromatic nitrogens is 2. The van der Waals surface area contributed by atoms with E-state index in [0.29, 0.717) is 5.92 Å². The largest absolute Gasteiger partial charge is 0.335 e. The minimum absolute atomic E-state index is 0.112. The van der Waals surface area contributed by atoms with Crippen molar-refractivity contribution < 1.29 is 4.79 Å². The van der Waals surface area contributed by atoms with E-state index >= 15 is 0 Å². The standard InChI is InChI=1S/C13H22N2O/c1-4-5-6-13-14-7-8-15(13)9-11(2)12(3)10-16/h7-8,10-12H,4-6,9H2,1-3H3. The number of hydrogen-bond acceptors (Lipinski definition) is 2. The molecule has 90 valence electrons. The van der Waals surface area contributed by atoms with E-state index in [1.54, 1.807) is 0 Å². The lowest BCUT2D eigenvalue weighted by molar-refractivity contribution is -0.111. The SMILES string of the molecule is CCCCc1nccn1CC(C)C(C)C=O. The van der Waals surface area contributed by atoms with Gasteiger partial charge in [0.05, 0.1) is 0 Å². The summed E-state index contributed by atoms with van der Waals surface area (Å²) >= 11 is 0. The molecule has 0 saturated heterocycles. The highest BCUT2D eigenvalue weighted by atomic mass is 16.1. The molecule has 0 aliphatic carbocycles. The number of imidazole rings is 1. The number of rotatable bonds is 7. The van der Waals surface area contributed by atoms with E-state index in [9.17, 15) is 4.79 Å². The van der Waals surface area contributed by atoms with Gasteiger partial charge in [0.2, 0.25) is 0 Å². The van der Waals surface area contributed by atoms with Gasteiger partial charge in [0, 0.05) is 31.3 Å². The minimum Gasteiger partial charge on any atom is -0.335 e. The van der Waals surface area contributed by atoms with E-state index in [0.717, 1.165) is 25.1 Å². The van der Waals surface area contributed by atoms with E-state index < -0.39 is 0 Å². The Bertz CT molecular complexity index is 319. The van der Waals surface area contributed by atoms with Crippen molar-refractivity contribution in [3.8, 4) is 0 Å². The quantitative estimate of drug-likeness (QED) is 0.665. The van der Waals surface area contributed by atoms with Crippen molar-refractivity contribution in [1.29, 1.82) is 0 Å². The summed E-state index contributed by atoms with van der Waals surface area (Å²) in [7, 11) is 0. The van der Waals surface area contributed by atoms with Crippen LogP contribution in [0.2, 0.25) is 0 Å². The molecule has 0 aromatic carbocycles. The highest BCUT2D eigenvalue weighted by molar-refractivity contribution is 5.53. The van der Waals surface area contributed by atoms with E-state index in [1.807, 2.05) is 19.3 Å². The molecule has 16 heavy (non-hydrogen) atoms. The van der Waals surface area contributed by atoms with E-state index in [4.69, 9.17) is 0 Å². The number of unbranched alkanes of at least 4 members (excludes halogenated alkanes) is 1. The maximum absolute atomic E-state index is 10.7. The van der Waals surface area contributed by atoms with Crippen LogP contribution in [0.4, 0.5) is 0 Å². The summed E-state index contributed by atoms with van der Waals surface area (Å²) in [6.45, 7) is 7.16. The van der Waals surface area contributed by atoms with Gasteiger partial charge in [-0.2, -0.15) is 0 Å². The van der Waals surface area contributed by atoms with Crippen molar-refractivity contribution in [3.63, 3.8) is 0 Å². The van der Waals surface area contributed by atoms with Gasteiger partial charge >= 0.3 is 0 Å². The molecule has 2 unspecified atom stereocenters. The normalized spacial score (nSPS) is 14.7. The second-order valence-electron chi connectivity index (χ2n) is 4.57. The van der Waals surface area contributed by atoms with Crippen LogP contribution in [0.15, 0.2) is 12.4 Å². The topological polar surface area (TPSA) is 34.9 Å². The molecule has 0 fully saturated rings. The fourth-order valence-electron chi connectivity index (χ4n) is 1.68. The Hall–Kier alpha value is -1.12. The smallest absolute Gasteiger partial charge is 0.123 e. The molecule has 1 heterocycles. The molecular weight excluding hydrogens is 200 g/mol. The van der Waals surface area contributed by atoms with Crippen molar-refractivity contribution in [2.24, 2.45) is 11.8 Å². The molecule has 3 heteroatoms. The Balaban J connectivity index is 2.58. The number of carbonyl (C=O) groups excluding carboxylic acids is 1. The average molecular weight is 222 g/mol. The van der Waals surface area contributed by atoms with Gasteiger partial charge in [-0.25, -0.2) is 4.98 Å². The van der Waals surface area contributed by atoms with E-state index in [1.165, 1.54) is 12.8 Å². The first kappa shape index (κ1) is 12.9. The molecule has 3 nitrogen and oxygen atoms in total.